The number of nitrogens with zero attached hydrogens (tertiary/aromatic N) is 2. The first-order valence-corrected chi connectivity index (χ1v) is 12.0. The van der Waals surface area contributed by atoms with Gasteiger partial charge in [0.15, 0.2) is 5.78 Å². The van der Waals surface area contributed by atoms with Crippen LogP contribution >= 0.6 is 0 Å². The van der Waals surface area contributed by atoms with Gasteiger partial charge >= 0.3 is 0 Å². The molecular formula is C27H24N2O5. The standard InChI is InChI=1S/C27H24N2O5/c30-23(15-9-11-19-21(13-15)26(33)28(24(19)31)17-5-1-2-6-17)16-10-12-20-22(14-16)27(34)29(25(20)32)18-7-3-4-8-18/h9-14,17-18H,1-8H2. The number of ketones is 1. The van der Waals surface area contributed by atoms with Crippen molar-refractivity contribution in [2.75, 3.05) is 0 Å². The number of rotatable bonds is 4. The maximum atomic E-state index is 13.3. The SMILES string of the molecule is O=C(c1ccc2c(c1)C(=O)N(C1CCCC1)C2=O)c1ccc2c(c1)C(=O)N(C1CCCC1)C2=O. The molecule has 2 aromatic rings. The van der Waals surface area contributed by atoms with E-state index >= 15 is 0 Å². The van der Waals surface area contributed by atoms with Crippen LogP contribution in [0.3, 0.4) is 0 Å². The van der Waals surface area contributed by atoms with Crippen LogP contribution in [0.4, 0.5) is 0 Å². The summed E-state index contributed by atoms with van der Waals surface area (Å²) in [4.78, 5) is 67.6. The molecule has 2 saturated carbocycles. The van der Waals surface area contributed by atoms with Crippen molar-refractivity contribution in [2.45, 2.75) is 63.5 Å². The van der Waals surface area contributed by atoms with Crippen LogP contribution in [0.5, 0.6) is 0 Å². The topological polar surface area (TPSA) is 91.8 Å². The quantitative estimate of drug-likeness (QED) is 0.512. The molecule has 34 heavy (non-hydrogen) atoms. The van der Waals surface area contributed by atoms with Gasteiger partial charge < -0.3 is 0 Å². The Bertz CT molecular complexity index is 1190. The molecule has 0 atom stereocenters. The molecular weight excluding hydrogens is 432 g/mol. The Morgan fingerprint density at radius 1 is 0.559 bits per heavy atom. The number of carbonyl (C=O) groups is 5. The molecule has 172 valence electrons. The minimum atomic E-state index is -0.357. The normalized spacial score (nSPS) is 20.6. The Morgan fingerprint density at radius 2 is 0.912 bits per heavy atom. The van der Waals surface area contributed by atoms with Gasteiger partial charge in [-0.3, -0.25) is 33.8 Å². The summed E-state index contributed by atoms with van der Waals surface area (Å²) >= 11 is 0. The van der Waals surface area contributed by atoms with Crippen molar-refractivity contribution in [3.05, 3.63) is 69.8 Å². The first-order valence-electron chi connectivity index (χ1n) is 12.0. The number of amides is 4. The molecule has 2 aromatic carbocycles. The summed E-state index contributed by atoms with van der Waals surface area (Å²) in [5.74, 6) is -1.63. The van der Waals surface area contributed by atoms with E-state index in [1.54, 1.807) is 24.3 Å². The summed E-state index contributed by atoms with van der Waals surface area (Å²) in [5, 5.41) is 0. The van der Waals surface area contributed by atoms with Crippen LogP contribution in [-0.4, -0.2) is 51.3 Å². The second-order valence-corrected chi connectivity index (χ2v) is 9.69. The number of fused-ring (bicyclic) bond motifs is 2. The van der Waals surface area contributed by atoms with Gasteiger partial charge in [-0.1, -0.05) is 37.8 Å². The summed E-state index contributed by atoms with van der Waals surface area (Å²) < 4.78 is 0. The van der Waals surface area contributed by atoms with Gasteiger partial charge in [0.2, 0.25) is 0 Å². The highest BCUT2D eigenvalue weighted by molar-refractivity contribution is 6.24. The fraction of sp³-hybridized carbons (Fsp3) is 0.370. The zero-order valence-corrected chi connectivity index (χ0v) is 18.7. The monoisotopic (exact) mass is 456 g/mol. The lowest BCUT2D eigenvalue weighted by atomic mass is 9.96. The van der Waals surface area contributed by atoms with E-state index in [0.717, 1.165) is 51.4 Å². The molecule has 7 nitrogen and oxygen atoms in total. The molecule has 0 spiro atoms. The van der Waals surface area contributed by atoms with E-state index in [1.165, 1.54) is 21.9 Å². The van der Waals surface area contributed by atoms with Gasteiger partial charge in [-0.25, -0.2) is 0 Å². The zero-order valence-electron chi connectivity index (χ0n) is 18.7. The molecule has 2 fully saturated rings. The van der Waals surface area contributed by atoms with Crippen molar-refractivity contribution in [3.8, 4) is 0 Å². The van der Waals surface area contributed by atoms with Crippen molar-refractivity contribution in [1.29, 1.82) is 0 Å². The molecule has 0 unspecified atom stereocenters. The van der Waals surface area contributed by atoms with Gasteiger partial charge in [0.05, 0.1) is 22.3 Å². The molecule has 7 heteroatoms. The Morgan fingerprint density at radius 3 is 1.29 bits per heavy atom. The number of imide groups is 2. The van der Waals surface area contributed by atoms with E-state index in [4.69, 9.17) is 0 Å². The lowest BCUT2D eigenvalue weighted by Crippen LogP contribution is -2.38. The highest BCUT2D eigenvalue weighted by Crippen LogP contribution is 2.34. The summed E-state index contributed by atoms with van der Waals surface area (Å²) in [7, 11) is 0. The molecule has 6 rings (SSSR count). The highest BCUT2D eigenvalue weighted by Gasteiger charge is 2.42. The zero-order chi connectivity index (χ0) is 23.6. The van der Waals surface area contributed by atoms with Gasteiger partial charge in [0.1, 0.15) is 0 Å². The smallest absolute Gasteiger partial charge is 0.261 e. The van der Waals surface area contributed by atoms with Crippen LogP contribution in [0.25, 0.3) is 0 Å². The Kier molecular flexibility index (Phi) is 4.76. The third-order valence-electron chi connectivity index (χ3n) is 7.74. The molecule has 0 aromatic heterocycles. The summed E-state index contributed by atoms with van der Waals surface area (Å²) in [6, 6.07) is 9.01. The van der Waals surface area contributed by atoms with E-state index in [1.807, 2.05) is 0 Å². The summed E-state index contributed by atoms with van der Waals surface area (Å²) in [6.07, 6.45) is 7.26. The van der Waals surface area contributed by atoms with Gasteiger partial charge in [-0.05, 0) is 49.9 Å². The lowest BCUT2D eigenvalue weighted by Gasteiger charge is -2.21. The maximum Gasteiger partial charge on any atom is 0.261 e. The van der Waals surface area contributed by atoms with Crippen LogP contribution in [-0.2, 0) is 0 Å². The first kappa shape index (κ1) is 21.0. The average Bonchev–Trinajstić information content (AvgIpc) is 3.64. The van der Waals surface area contributed by atoms with Crippen molar-refractivity contribution in [1.82, 2.24) is 9.80 Å². The number of hydrogen-bond donors (Lipinski definition) is 0. The molecule has 2 aliphatic heterocycles. The van der Waals surface area contributed by atoms with Crippen molar-refractivity contribution < 1.29 is 24.0 Å². The van der Waals surface area contributed by atoms with E-state index in [-0.39, 0.29) is 63.7 Å². The molecule has 0 N–H and O–H groups in total. The Labute approximate surface area is 196 Å². The minimum absolute atomic E-state index is 0.0744. The minimum Gasteiger partial charge on any atom is -0.289 e. The van der Waals surface area contributed by atoms with Gasteiger partial charge in [-0.15, -0.1) is 0 Å². The number of carbonyl (C=O) groups excluding carboxylic acids is 5. The lowest BCUT2D eigenvalue weighted by molar-refractivity contribution is 0.0572. The van der Waals surface area contributed by atoms with Gasteiger partial charge in [-0.2, -0.15) is 0 Å². The van der Waals surface area contributed by atoms with Crippen LogP contribution in [0.15, 0.2) is 36.4 Å². The average molecular weight is 456 g/mol. The predicted octanol–water partition coefficient (Wildman–Crippen LogP) is 3.99. The number of hydrogen-bond acceptors (Lipinski definition) is 5. The predicted molar refractivity (Wildman–Crippen MR) is 122 cm³/mol. The van der Waals surface area contributed by atoms with Crippen LogP contribution in [0.2, 0.25) is 0 Å². The van der Waals surface area contributed by atoms with E-state index in [0.29, 0.717) is 11.1 Å². The van der Waals surface area contributed by atoms with Gasteiger partial charge in [0.25, 0.3) is 23.6 Å². The van der Waals surface area contributed by atoms with Gasteiger partial charge in [0, 0.05) is 23.2 Å². The van der Waals surface area contributed by atoms with Crippen molar-refractivity contribution in [2.24, 2.45) is 0 Å². The summed E-state index contributed by atoms with van der Waals surface area (Å²) in [6.45, 7) is 0. The molecule has 2 aliphatic carbocycles. The largest absolute Gasteiger partial charge is 0.289 e. The van der Waals surface area contributed by atoms with Crippen molar-refractivity contribution in [3.63, 3.8) is 0 Å². The molecule has 4 amide bonds. The molecule has 0 radical (unpaired) electrons. The van der Waals surface area contributed by atoms with Crippen LogP contribution in [0.1, 0.15) is 109 Å². The molecule has 4 aliphatic rings. The fourth-order valence-corrected chi connectivity index (χ4v) is 5.96. The molecule has 0 bridgehead atoms. The Hall–Kier alpha value is -3.61. The van der Waals surface area contributed by atoms with Crippen LogP contribution < -0.4 is 0 Å². The molecule has 0 saturated heterocycles. The molecule has 2 heterocycles. The highest BCUT2D eigenvalue weighted by atomic mass is 16.2. The maximum absolute atomic E-state index is 13.3. The first-order chi connectivity index (χ1) is 16.5. The number of benzene rings is 2. The van der Waals surface area contributed by atoms with E-state index < -0.39 is 0 Å². The van der Waals surface area contributed by atoms with E-state index in [2.05, 4.69) is 0 Å². The Balaban J connectivity index is 1.30. The fourth-order valence-electron chi connectivity index (χ4n) is 5.96. The van der Waals surface area contributed by atoms with E-state index in [9.17, 15) is 24.0 Å². The second-order valence-electron chi connectivity index (χ2n) is 9.69. The van der Waals surface area contributed by atoms with Crippen molar-refractivity contribution >= 4 is 29.4 Å². The summed E-state index contributed by atoms with van der Waals surface area (Å²) in [5.41, 5.74) is 1.71. The second kappa shape index (κ2) is 7.72. The third kappa shape index (κ3) is 2.99. The third-order valence-corrected chi connectivity index (χ3v) is 7.74. The van der Waals surface area contributed by atoms with Crippen LogP contribution in [0, 0.1) is 0 Å².